The van der Waals surface area contributed by atoms with Crippen molar-refractivity contribution in [1.82, 2.24) is 15.1 Å². The second kappa shape index (κ2) is 6.72. The molecule has 6 heteroatoms. The van der Waals surface area contributed by atoms with Gasteiger partial charge in [-0.15, -0.1) is 0 Å². The molecule has 1 N–H and O–H groups in total. The summed E-state index contributed by atoms with van der Waals surface area (Å²) in [6.45, 7) is 5.84. The molecule has 1 atom stereocenters. The van der Waals surface area contributed by atoms with Crippen molar-refractivity contribution in [2.24, 2.45) is 0 Å². The van der Waals surface area contributed by atoms with Crippen LogP contribution in [0, 0.1) is 0 Å². The van der Waals surface area contributed by atoms with E-state index in [1.54, 1.807) is 0 Å². The smallest absolute Gasteiger partial charge is 0.283 e. The van der Waals surface area contributed by atoms with Crippen molar-refractivity contribution in [3.8, 4) is 0 Å². The Hall–Kier alpha value is -0.880. The van der Waals surface area contributed by atoms with Crippen LogP contribution in [-0.4, -0.2) is 36.0 Å². The molecule has 0 bridgehead atoms. The zero-order valence-corrected chi connectivity index (χ0v) is 14.0. The highest BCUT2D eigenvalue weighted by Gasteiger charge is 2.25. The maximum Gasteiger partial charge on any atom is 0.283 e. The first-order valence-corrected chi connectivity index (χ1v) is 8.04. The summed E-state index contributed by atoms with van der Waals surface area (Å²) in [5.41, 5.74) is 0.873. The average Bonchev–Trinajstić information content (AvgIpc) is 2.43. The second-order valence-corrected chi connectivity index (χ2v) is 6.38. The van der Waals surface area contributed by atoms with Crippen LogP contribution in [0.5, 0.6) is 0 Å². The summed E-state index contributed by atoms with van der Waals surface area (Å²) >= 11 is 3.48. The topological polar surface area (TPSA) is 50.2 Å². The zero-order valence-electron chi connectivity index (χ0n) is 12.4. The Kier molecular flexibility index (Phi) is 5.21. The number of likely N-dealkylation sites (N-methyl/N-ethyl adjacent to an activating group) is 1. The number of anilines is 1. The van der Waals surface area contributed by atoms with Crippen LogP contribution in [0.1, 0.15) is 39.2 Å². The largest absolute Gasteiger partial charge is 0.365 e. The summed E-state index contributed by atoms with van der Waals surface area (Å²) in [6.07, 6.45) is 5.39. The summed E-state index contributed by atoms with van der Waals surface area (Å²) in [6, 6.07) is 0.503. The molecule has 1 aliphatic heterocycles. The lowest BCUT2D eigenvalue weighted by molar-refractivity contribution is 0.442. The van der Waals surface area contributed by atoms with E-state index in [9.17, 15) is 4.79 Å². The van der Waals surface area contributed by atoms with E-state index in [2.05, 4.69) is 31.2 Å². The minimum atomic E-state index is -0.0497. The Balaban J connectivity index is 2.36. The van der Waals surface area contributed by atoms with Crippen molar-refractivity contribution in [1.29, 1.82) is 0 Å². The number of nitrogens with zero attached hydrogens (tertiary/aromatic N) is 3. The summed E-state index contributed by atoms with van der Waals surface area (Å²) in [5.74, 6) is 0. The number of rotatable bonds is 4. The van der Waals surface area contributed by atoms with E-state index in [-0.39, 0.29) is 11.6 Å². The van der Waals surface area contributed by atoms with Gasteiger partial charge >= 0.3 is 0 Å². The maximum absolute atomic E-state index is 12.3. The lowest BCUT2D eigenvalue weighted by Gasteiger charge is -2.37. The van der Waals surface area contributed by atoms with E-state index in [1.807, 2.05) is 27.1 Å². The molecule has 0 saturated carbocycles. The fraction of sp³-hybridized carbons (Fsp3) is 0.714. The molecule has 1 aliphatic rings. The van der Waals surface area contributed by atoms with Gasteiger partial charge in [0, 0.05) is 19.1 Å². The van der Waals surface area contributed by atoms with Gasteiger partial charge in [0.05, 0.1) is 17.9 Å². The first kappa shape index (κ1) is 15.5. The number of halogens is 1. The highest BCUT2D eigenvalue weighted by molar-refractivity contribution is 9.10. The molecule has 0 aromatic carbocycles. The van der Waals surface area contributed by atoms with Gasteiger partial charge in [0.25, 0.3) is 5.56 Å². The molecular weight excluding hydrogens is 320 g/mol. The van der Waals surface area contributed by atoms with E-state index in [1.165, 1.54) is 17.5 Å². The van der Waals surface area contributed by atoms with Crippen LogP contribution in [0.4, 0.5) is 5.69 Å². The molecule has 112 valence electrons. The van der Waals surface area contributed by atoms with Gasteiger partial charge < -0.3 is 10.2 Å². The van der Waals surface area contributed by atoms with Gasteiger partial charge in [0.15, 0.2) is 0 Å². The highest BCUT2D eigenvalue weighted by Crippen LogP contribution is 2.28. The van der Waals surface area contributed by atoms with Crippen molar-refractivity contribution in [3.05, 3.63) is 21.0 Å². The number of aromatic nitrogens is 2. The molecule has 0 spiro atoms. The molecule has 0 aliphatic carbocycles. The molecule has 5 nitrogen and oxygen atoms in total. The molecule has 1 aromatic rings. The second-order valence-electron chi connectivity index (χ2n) is 5.59. The van der Waals surface area contributed by atoms with Gasteiger partial charge in [-0.05, 0) is 56.1 Å². The van der Waals surface area contributed by atoms with Crippen LogP contribution in [0.2, 0.25) is 0 Å². The van der Waals surface area contributed by atoms with Crippen LogP contribution in [-0.2, 0) is 0 Å². The summed E-state index contributed by atoms with van der Waals surface area (Å²) < 4.78 is 2.15. The fourth-order valence-corrected chi connectivity index (χ4v) is 3.28. The molecule has 1 saturated heterocycles. The molecule has 0 radical (unpaired) electrons. The zero-order chi connectivity index (χ0) is 14.7. The van der Waals surface area contributed by atoms with Crippen LogP contribution in [0.3, 0.4) is 0 Å². The Morgan fingerprint density at radius 2 is 2.25 bits per heavy atom. The average molecular weight is 343 g/mol. The molecule has 0 amide bonds. The molecule has 20 heavy (non-hydrogen) atoms. The van der Waals surface area contributed by atoms with Crippen molar-refractivity contribution in [2.75, 3.05) is 25.0 Å². The first-order valence-electron chi connectivity index (χ1n) is 7.24. The van der Waals surface area contributed by atoms with Crippen molar-refractivity contribution >= 4 is 21.6 Å². The van der Waals surface area contributed by atoms with Crippen LogP contribution in [0.15, 0.2) is 15.5 Å². The van der Waals surface area contributed by atoms with Crippen LogP contribution < -0.4 is 15.8 Å². The molecular formula is C14H23BrN4O. The third-order valence-corrected chi connectivity index (χ3v) is 4.54. The predicted octanol–water partition coefficient (Wildman–Crippen LogP) is 2.17. The Morgan fingerprint density at radius 1 is 1.50 bits per heavy atom. The van der Waals surface area contributed by atoms with Crippen LogP contribution in [0.25, 0.3) is 0 Å². The van der Waals surface area contributed by atoms with E-state index in [4.69, 9.17) is 0 Å². The fourth-order valence-electron chi connectivity index (χ4n) is 2.77. The summed E-state index contributed by atoms with van der Waals surface area (Å²) in [4.78, 5) is 14.7. The number of hydrogen-bond donors (Lipinski definition) is 1. The third kappa shape index (κ3) is 3.06. The monoisotopic (exact) mass is 342 g/mol. The van der Waals surface area contributed by atoms with E-state index in [0.717, 1.165) is 25.2 Å². The Bertz CT molecular complexity index is 512. The van der Waals surface area contributed by atoms with Crippen LogP contribution >= 0.6 is 15.9 Å². The first-order chi connectivity index (χ1) is 9.56. The standard InChI is InChI=1S/C14H23BrN4O/c1-10(2)19-14(20)13(15)12(9-17-19)18-7-5-4-6-11(18)8-16-3/h9-11,16H,4-8H2,1-3H3. The summed E-state index contributed by atoms with van der Waals surface area (Å²) in [7, 11) is 1.97. The summed E-state index contributed by atoms with van der Waals surface area (Å²) in [5, 5.41) is 7.56. The SMILES string of the molecule is CNCC1CCCCN1c1cnn(C(C)C)c(=O)c1Br. The molecule has 1 fully saturated rings. The lowest BCUT2D eigenvalue weighted by Crippen LogP contribution is -2.46. The van der Waals surface area contributed by atoms with Gasteiger partial charge in [0.1, 0.15) is 4.47 Å². The highest BCUT2D eigenvalue weighted by atomic mass is 79.9. The molecule has 2 rings (SSSR count). The number of hydrogen-bond acceptors (Lipinski definition) is 4. The quantitative estimate of drug-likeness (QED) is 0.910. The van der Waals surface area contributed by atoms with Gasteiger partial charge in [0.2, 0.25) is 0 Å². The molecule has 1 aromatic heterocycles. The molecule has 2 heterocycles. The Morgan fingerprint density at radius 3 is 2.90 bits per heavy atom. The predicted molar refractivity (Wildman–Crippen MR) is 85.5 cm³/mol. The normalized spacial score (nSPS) is 19.6. The van der Waals surface area contributed by atoms with Crippen molar-refractivity contribution in [2.45, 2.75) is 45.2 Å². The van der Waals surface area contributed by atoms with E-state index >= 15 is 0 Å². The number of nitrogens with one attached hydrogen (secondary N) is 1. The minimum Gasteiger partial charge on any atom is -0.365 e. The molecule has 1 unspecified atom stereocenters. The van der Waals surface area contributed by atoms with E-state index < -0.39 is 0 Å². The van der Waals surface area contributed by atoms with Crippen molar-refractivity contribution < 1.29 is 0 Å². The maximum atomic E-state index is 12.3. The lowest BCUT2D eigenvalue weighted by atomic mass is 10.0. The number of piperidine rings is 1. The van der Waals surface area contributed by atoms with Gasteiger partial charge in [-0.2, -0.15) is 5.10 Å². The Labute approximate surface area is 128 Å². The van der Waals surface area contributed by atoms with Gasteiger partial charge in [-0.1, -0.05) is 0 Å². The third-order valence-electron chi connectivity index (χ3n) is 3.79. The van der Waals surface area contributed by atoms with E-state index in [0.29, 0.717) is 10.5 Å². The van der Waals surface area contributed by atoms with Crippen molar-refractivity contribution in [3.63, 3.8) is 0 Å². The van der Waals surface area contributed by atoms with Gasteiger partial charge in [-0.3, -0.25) is 4.79 Å². The van der Waals surface area contributed by atoms with Gasteiger partial charge in [-0.25, -0.2) is 4.68 Å². The minimum absolute atomic E-state index is 0.0497.